The van der Waals surface area contributed by atoms with Gasteiger partial charge >= 0.3 is 0 Å². The van der Waals surface area contributed by atoms with Crippen LogP contribution in [0.5, 0.6) is 0 Å². The predicted octanol–water partition coefficient (Wildman–Crippen LogP) is 4.17. The van der Waals surface area contributed by atoms with E-state index < -0.39 is 0 Å². The van der Waals surface area contributed by atoms with Crippen molar-refractivity contribution < 1.29 is 9.21 Å². The van der Waals surface area contributed by atoms with Gasteiger partial charge in [-0.05, 0) is 5.92 Å². The van der Waals surface area contributed by atoms with Crippen molar-refractivity contribution in [2.75, 3.05) is 6.54 Å². The Hall–Kier alpha value is -2.10. The molecule has 24 heavy (non-hydrogen) atoms. The van der Waals surface area contributed by atoms with Gasteiger partial charge in [0.15, 0.2) is 11.7 Å². The van der Waals surface area contributed by atoms with Crippen molar-refractivity contribution in [2.24, 2.45) is 11.3 Å². The summed E-state index contributed by atoms with van der Waals surface area (Å²) >= 11 is 0. The number of rotatable bonds is 5. The van der Waals surface area contributed by atoms with Crippen molar-refractivity contribution in [3.8, 4) is 11.3 Å². The van der Waals surface area contributed by atoms with Crippen LogP contribution in [0.15, 0.2) is 40.9 Å². The molecule has 0 bridgehead atoms. The van der Waals surface area contributed by atoms with Gasteiger partial charge in [-0.3, -0.25) is 4.79 Å². The smallest absolute Gasteiger partial charge is 0.223 e. The van der Waals surface area contributed by atoms with E-state index in [1.807, 2.05) is 35.2 Å². The van der Waals surface area contributed by atoms with Crippen LogP contribution < -0.4 is 0 Å². The quantitative estimate of drug-likeness (QED) is 0.828. The number of likely N-dealkylation sites (tertiary alicyclic amines) is 1. The third kappa shape index (κ3) is 3.23. The summed E-state index contributed by atoms with van der Waals surface area (Å²) in [4.78, 5) is 18.9. The maximum absolute atomic E-state index is 12.5. The summed E-state index contributed by atoms with van der Waals surface area (Å²) in [5.41, 5.74) is 1.22. The van der Waals surface area contributed by atoms with Crippen LogP contribution in [0.3, 0.4) is 0 Å². The topological polar surface area (TPSA) is 46.3 Å². The first-order valence-corrected chi connectivity index (χ1v) is 8.68. The second kappa shape index (κ2) is 6.42. The summed E-state index contributed by atoms with van der Waals surface area (Å²) in [6, 6.07) is 10.2. The second-order valence-electron chi connectivity index (χ2n) is 7.68. The van der Waals surface area contributed by atoms with Gasteiger partial charge in [0.25, 0.3) is 0 Å². The molecule has 0 radical (unpaired) electrons. The first-order valence-electron chi connectivity index (χ1n) is 8.68. The number of carbonyl (C=O) groups excluding carboxylic acids is 1. The minimum atomic E-state index is 0.201. The molecule has 3 rings (SSSR count). The highest BCUT2D eigenvalue weighted by Gasteiger charge is 2.48. The van der Waals surface area contributed by atoms with E-state index in [0.717, 1.165) is 17.9 Å². The lowest BCUT2D eigenvalue weighted by molar-refractivity contribution is -0.155. The molecule has 1 aliphatic heterocycles. The molecule has 0 spiro atoms. The van der Waals surface area contributed by atoms with Gasteiger partial charge in [-0.15, -0.1) is 0 Å². The maximum Gasteiger partial charge on any atom is 0.223 e. The number of hydrogen-bond donors (Lipinski definition) is 0. The van der Waals surface area contributed by atoms with E-state index in [2.05, 4.69) is 32.7 Å². The Balaban J connectivity index is 1.59. The lowest BCUT2D eigenvalue weighted by atomic mass is 9.70. The highest BCUT2D eigenvalue weighted by Crippen LogP contribution is 2.41. The molecule has 1 atom stereocenters. The highest BCUT2D eigenvalue weighted by molar-refractivity contribution is 5.78. The molecule has 2 heterocycles. The lowest BCUT2D eigenvalue weighted by Crippen LogP contribution is -2.65. The second-order valence-corrected chi connectivity index (χ2v) is 7.68. The molecule has 4 nitrogen and oxygen atoms in total. The number of oxazole rings is 1. The van der Waals surface area contributed by atoms with Crippen LogP contribution in [0.1, 0.15) is 40.0 Å². The third-order valence-electron chi connectivity index (χ3n) is 4.83. The van der Waals surface area contributed by atoms with E-state index in [9.17, 15) is 4.79 Å². The Labute approximate surface area is 143 Å². The molecular formula is C20H26N2O2. The normalized spacial score (nSPS) is 19.4. The average Bonchev–Trinajstić information content (AvgIpc) is 3.00. The molecule has 1 aromatic heterocycles. The number of aromatic nitrogens is 1. The fraction of sp³-hybridized carbons (Fsp3) is 0.500. The Kier molecular flexibility index (Phi) is 4.48. The van der Waals surface area contributed by atoms with Crippen molar-refractivity contribution >= 4 is 5.91 Å². The Morgan fingerprint density at radius 3 is 2.67 bits per heavy atom. The summed E-state index contributed by atoms with van der Waals surface area (Å²) in [6.45, 7) is 9.69. The van der Waals surface area contributed by atoms with E-state index in [4.69, 9.17) is 4.42 Å². The number of carbonyl (C=O) groups is 1. The van der Waals surface area contributed by atoms with Gasteiger partial charge in [0, 0.05) is 36.4 Å². The first kappa shape index (κ1) is 16.7. The average molecular weight is 326 g/mol. The van der Waals surface area contributed by atoms with Crippen molar-refractivity contribution in [1.82, 2.24) is 9.88 Å². The van der Waals surface area contributed by atoms with Crippen LogP contribution in [0, 0.1) is 11.3 Å². The van der Waals surface area contributed by atoms with Gasteiger partial charge in [-0.1, -0.05) is 58.0 Å². The minimum absolute atomic E-state index is 0.201. The summed E-state index contributed by atoms with van der Waals surface area (Å²) in [6.07, 6.45) is 2.74. The van der Waals surface area contributed by atoms with Crippen molar-refractivity contribution in [1.29, 1.82) is 0 Å². The van der Waals surface area contributed by atoms with Gasteiger partial charge < -0.3 is 9.32 Å². The molecule has 1 aromatic carbocycles. The third-order valence-corrected chi connectivity index (χ3v) is 4.83. The molecule has 1 fully saturated rings. The van der Waals surface area contributed by atoms with E-state index in [1.54, 1.807) is 6.20 Å². The molecule has 1 unspecified atom stereocenters. The Morgan fingerprint density at radius 1 is 1.33 bits per heavy atom. The molecule has 2 aromatic rings. The molecule has 0 N–H and O–H groups in total. The van der Waals surface area contributed by atoms with E-state index >= 15 is 0 Å². The van der Waals surface area contributed by atoms with E-state index in [1.165, 1.54) is 0 Å². The first-order chi connectivity index (χ1) is 11.4. The molecule has 0 aliphatic carbocycles. The molecule has 1 aliphatic rings. The number of nitrogens with zero attached hydrogens (tertiary/aromatic N) is 2. The minimum Gasteiger partial charge on any atom is -0.441 e. The zero-order chi connectivity index (χ0) is 17.3. The van der Waals surface area contributed by atoms with Crippen LogP contribution >= 0.6 is 0 Å². The van der Waals surface area contributed by atoms with Crippen molar-refractivity contribution in [3.63, 3.8) is 0 Å². The van der Waals surface area contributed by atoms with Crippen LogP contribution in [0.2, 0.25) is 0 Å². The summed E-state index contributed by atoms with van der Waals surface area (Å²) in [5, 5.41) is 0. The predicted molar refractivity (Wildman–Crippen MR) is 94.4 cm³/mol. The SMILES string of the molecule is CC(C)C1N(C(=O)CCc2ncc(-c3ccccc3)o2)CC1(C)C. The number of aryl methyl sites for hydroxylation is 1. The van der Waals surface area contributed by atoms with Crippen molar-refractivity contribution in [2.45, 2.75) is 46.6 Å². The van der Waals surface area contributed by atoms with Crippen LogP contribution in [0.4, 0.5) is 0 Å². The molecule has 1 saturated heterocycles. The van der Waals surface area contributed by atoms with Gasteiger partial charge in [0.2, 0.25) is 5.91 Å². The molecule has 1 amide bonds. The van der Waals surface area contributed by atoms with Gasteiger partial charge in [0.1, 0.15) is 0 Å². The largest absolute Gasteiger partial charge is 0.441 e. The molecule has 128 valence electrons. The fourth-order valence-corrected chi connectivity index (χ4v) is 3.97. The standard InChI is InChI=1S/C20H26N2O2/c1-14(2)19-20(3,4)13-22(19)18(23)11-10-17-21-12-16(24-17)15-8-6-5-7-9-15/h5-9,12,14,19H,10-11,13H2,1-4H3. The summed E-state index contributed by atoms with van der Waals surface area (Å²) < 4.78 is 5.78. The fourth-order valence-electron chi connectivity index (χ4n) is 3.97. The number of amides is 1. The molecule has 0 saturated carbocycles. The summed E-state index contributed by atoms with van der Waals surface area (Å²) in [5.74, 6) is 2.06. The Bertz CT molecular complexity index is 703. The number of benzene rings is 1. The summed E-state index contributed by atoms with van der Waals surface area (Å²) in [7, 11) is 0. The van der Waals surface area contributed by atoms with Crippen molar-refractivity contribution in [3.05, 3.63) is 42.4 Å². The zero-order valence-corrected chi connectivity index (χ0v) is 15.0. The van der Waals surface area contributed by atoms with Gasteiger partial charge in [-0.25, -0.2) is 4.98 Å². The van der Waals surface area contributed by atoms with Gasteiger partial charge in [-0.2, -0.15) is 0 Å². The lowest BCUT2D eigenvalue weighted by Gasteiger charge is -2.56. The Morgan fingerprint density at radius 2 is 2.04 bits per heavy atom. The van der Waals surface area contributed by atoms with Crippen LogP contribution in [0.25, 0.3) is 11.3 Å². The van der Waals surface area contributed by atoms with Crippen LogP contribution in [-0.2, 0) is 11.2 Å². The monoisotopic (exact) mass is 326 g/mol. The zero-order valence-electron chi connectivity index (χ0n) is 15.0. The maximum atomic E-state index is 12.5. The van der Waals surface area contributed by atoms with Gasteiger partial charge in [0.05, 0.1) is 6.20 Å². The van der Waals surface area contributed by atoms with Crippen LogP contribution in [-0.4, -0.2) is 28.4 Å². The highest BCUT2D eigenvalue weighted by atomic mass is 16.4. The number of hydrogen-bond acceptors (Lipinski definition) is 3. The molecular weight excluding hydrogens is 300 g/mol. The van der Waals surface area contributed by atoms with E-state index in [0.29, 0.717) is 30.7 Å². The molecule has 4 heteroatoms. The van der Waals surface area contributed by atoms with E-state index in [-0.39, 0.29) is 11.3 Å².